The number of benzene rings is 1. The molecule has 0 spiro atoms. The molecule has 1 aliphatic heterocycles. The highest BCUT2D eigenvalue weighted by atomic mass is 16.5. The number of fused-ring (bicyclic) bond motifs is 1. The van der Waals surface area contributed by atoms with Crippen molar-refractivity contribution in [2.45, 2.75) is 18.3 Å². The second-order valence-electron chi connectivity index (χ2n) is 6.92. The van der Waals surface area contributed by atoms with Crippen LogP contribution < -0.4 is 15.5 Å². The zero-order valence-electron chi connectivity index (χ0n) is 16.0. The summed E-state index contributed by atoms with van der Waals surface area (Å²) in [5, 5.41) is 13.5. The predicted molar refractivity (Wildman–Crippen MR) is 107 cm³/mol. The first-order valence-electron chi connectivity index (χ1n) is 9.36. The van der Waals surface area contributed by atoms with E-state index in [9.17, 15) is 10.0 Å². The number of nitrogens with zero attached hydrogens (tertiary/aromatic N) is 2. The normalized spacial score (nSPS) is 15.7. The van der Waals surface area contributed by atoms with Crippen LogP contribution in [0, 0.1) is 0 Å². The van der Waals surface area contributed by atoms with Crippen LogP contribution in [0.15, 0.2) is 48.7 Å². The van der Waals surface area contributed by atoms with Crippen molar-refractivity contribution in [3.8, 4) is 5.88 Å². The Morgan fingerprint density at radius 3 is 2.59 bits per heavy atom. The molecule has 3 N–H and O–H groups in total. The molecule has 8 heteroatoms. The standard InChI is InChI=1S/C21H22N4O4/c1-28-18-7-6-16-17(8-11-22-19(16)24-18)23-15-4-2-14(3-5-15)21(20(26)25-27)9-12-29-13-10-21/h2-8,11,27H,9-10,12-13H2,1H3,(H,25,26)(H,22,23,24). The Hall–Kier alpha value is -3.23. The van der Waals surface area contributed by atoms with Crippen LogP contribution in [0.25, 0.3) is 11.0 Å². The van der Waals surface area contributed by atoms with Crippen molar-refractivity contribution in [2.75, 3.05) is 25.6 Å². The predicted octanol–water partition coefficient (Wildman–Crippen LogP) is 2.94. The van der Waals surface area contributed by atoms with Crippen LogP contribution in [-0.4, -0.2) is 41.4 Å². The second-order valence-corrected chi connectivity index (χ2v) is 6.92. The maximum absolute atomic E-state index is 12.4. The summed E-state index contributed by atoms with van der Waals surface area (Å²) < 4.78 is 10.6. The van der Waals surface area contributed by atoms with Crippen molar-refractivity contribution in [1.29, 1.82) is 0 Å². The molecule has 0 unspecified atom stereocenters. The Morgan fingerprint density at radius 2 is 1.90 bits per heavy atom. The van der Waals surface area contributed by atoms with Gasteiger partial charge in [-0.2, -0.15) is 4.98 Å². The number of rotatable bonds is 5. The molecular formula is C21H22N4O4. The van der Waals surface area contributed by atoms with Crippen LogP contribution in [-0.2, 0) is 14.9 Å². The lowest BCUT2D eigenvalue weighted by molar-refractivity contribution is -0.139. The smallest absolute Gasteiger partial charge is 0.254 e. The Morgan fingerprint density at radius 1 is 1.14 bits per heavy atom. The molecule has 0 saturated carbocycles. The molecule has 1 amide bonds. The lowest BCUT2D eigenvalue weighted by Crippen LogP contribution is -2.47. The van der Waals surface area contributed by atoms with Crippen LogP contribution in [0.2, 0.25) is 0 Å². The summed E-state index contributed by atoms with van der Waals surface area (Å²) in [5.74, 6) is 0.108. The molecule has 3 aromatic rings. The first-order chi connectivity index (χ1) is 14.2. The number of ether oxygens (including phenoxy) is 2. The minimum atomic E-state index is -0.782. The average molecular weight is 394 g/mol. The molecule has 1 fully saturated rings. The van der Waals surface area contributed by atoms with Gasteiger partial charge < -0.3 is 14.8 Å². The van der Waals surface area contributed by atoms with Crippen LogP contribution in [0.4, 0.5) is 11.4 Å². The molecular weight excluding hydrogens is 372 g/mol. The highest BCUT2D eigenvalue weighted by molar-refractivity contribution is 5.91. The number of anilines is 2. The van der Waals surface area contributed by atoms with Gasteiger partial charge in [-0.3, -0.25) is 10.0 Å². The number of hydroxylamine groups is 1. The fraction of sp³-hybridized carbons (Fsp3) is 0.286. The van der Waals surface area contributed by atoms with Gasteiger partial charge in [0.1, 0.15) is 0 Å². The monoisotopic (exact) mass is 394 g/mol. The van der Waals surface area contributed by atoms with Gasteiger partial charge in [-0.1, -0.05) is 12.1 Å². The zero-order chi connectivity index (χ0) is 20.3. The molecule has 0 bridgehead atoms. The van der Waals surface area contributed by atoms with Crippen molar-refractivity contribution >= 4 is 28.3 Å². The molecule has 29 heavy (non-hydrogen) atoms. The van der Waals surface area contributed by atoms with Gasteiger partial charge in [0.2, 0.25) is 5.88 Å². The van der Waals surface area contributed by atoms with E-state index in [1.54, 1.807) is 19.4 Å². The number of hydrogen-bond donors (Lipinski definition) is 3. The maximum atomic E-state index is 12.4. The SMILES string of the molecule is COc1ccc2c(Nc3ccc(C4(C(=O)NO)CCOCC4)cc3)ccnc2n1. The average Bonchev–Trinajstić information content (AvgIpc) is 2.79. The molecule has 0 aliphatic carbocycles. The number of nitrogens with one attached hydrogen (secondary N) is 2. The van der Waals surface area contributed by atoms with E-state index >= 15 is 0 Å². The van der Waals surface area contributed by atoms with Gasteiger partial charge >= 0.3 is 0 Å². The number of carbonyl (C=O) groups excluding carboxylic acids is 1. The lowest BCUT2D eigenvalue weighted by Gasteiger charge is -2.35. The second kappa shape index (κ2) is 8.02. The Labute approximate surface area is 167 Å². The van der Waals surface area contributed by atoms with E-state index in [0.29, 0.717) is 37.6 Å². The van der Waals surface area contributed by atoms with Crippen molar-refractivity contribution in [3.63, 3.8) is 0 Å². The number of hydrogen-bond acceptors (Lipinski definition) is 7. The van der Waals surface area contributed by atoms with Crippen molar-refractivity contribution in [2.24, 2.45) is 0 Å². The van der Waals surface area contributed by atoms with Crippen LogP contribution in [0.3, 0.4) is 0 Å². The van der Waals surface area contributed by atoms with E-state index < -0.39 is 11.3 Å². The summed E-state index contributed by atoms with van der Waals surface area (Å²) in [6, 6.07) is 13.2. The fourth-order valence-corrected chi connectivity index (χ4v) is 3.74. The van der Waals surface area contributed by atoms with Gasteiger partial charge in [-0.05, 0) is 42.7 Å². The summed E-state index contributed by atoms with van der Waals surface area (Å²) in [6.07, 6.45) is 2.73. The Balaban J connectivity index is 1.62. The number of pyridine rings is 2. The van der Waals surface area contributed by atoms with Crippen molar-refractivity contribution in [3.05, 3.63) is 54.2 Å². The highest BCUT2D eigenvalue weighted by Gasteiger charge is 2.41. The minimum absolute atomic E-state index is 0.401. The van der Waals surface area contributed by atoms with E-state index in [-0.39, 0.29) is 0 Å². The minimum Gasteiger partial charge on any atom is -0.481 e. The van der Waals surface area contributed by atoms with Gasteiger partial charge in [0.15, 0.2) is 5.65 Å². The molecule has 1 aromatic carbocycles. The molecule has 0 atom stereocenters. The van der Waals surface area contributed by atoms with Gasteiger partial charge in [0, 0.05) is 36.6 Å². The van der Waals surface area contributed by atoms with E-state index in [0.717, 1.165) is 22.3 Å². The molecule has 3 heterocycles. The molecule has 8 nitrogen and oxygen atoms in total. The summed E-state index contributed by atoms with van der Waals surface area (Å²) in [6.45, 7) is 0.958. The fourth-order valence-electron chi connectivity index (χ4n) is 3.74. The molecule has 4 rings (SSSR count). The third-order valence-corrected chi connectivity index (χ3v) is 5.39. The molecule has 150 valence electrons. The Kier molecular flexibility index (Phi) is 5.28. The molecule has 0 radical (unpaired) electrons. The van der Waals surface area contributed by atoms with Crippen molar-refractivity contribution in [1.82, 2.24) is 15.4 Å². The number of amides is 1. The lowest BCUT2D eigenvalue weighted by atomic mass is 9.73. The zero-order valence-corrected chi connectivity index (χ0v) is 16.0. The largest absolute Gasteiger partial charge is 0.481 e. The van der Waals surface area contributed by atoms with Crippen LogP contribution >= 0.6 is 0 Å². The molecule has 2 aromatic heterocycles. The van der Waals surface area contributed by atoms with Crippen molar-refractivity contribution < 1.29 is 19.5 Å². The van der Waals surface area contributed by atoms with Gasteiger partial charge in [-0.15, -0.1) is 0 Å². The quantitative estimate of drug-likeness (QED) is 0.451. The number of carbonyl (C=O) groups is 1. The number of methoxy groups -OCH3 is 1. The Bertz CT molecular complexity index is 1020. The van der Waals surface area contributed by atoms with E-state index in [1.807, 2.05) is 41.9 Å². The van der Waals surface area contributed by atoms with Crippen LogP contribution in [0.5, 0.6) is 5.88 Å². The summed E-state index contributed by atoms with van der Waals surface area (Å²) >= 11 is 0. The molecule has 1 aliphatic rings. The maximum Gasteiger partial charge on any atom is 0.254 e. The highest BCUT2D eigenvalue weighted by Crippen LogP contribution is 2.36. The topological polar surface area (TPSA) is 106 Å². The summed E-state index contributed by atoms with van der Waals surface area (Å²) in [4.78, 5) is 21.1. The van der Waals surface area contributed by atoms with E-state index in [4.69, 9.17) is 9.47 Å². The third kappa shape index (κ3) is 3.59. The first kappa shape index (κ1) is 19.1. The van der Waals surface area contributed by atoms with Gasteiger partial charge in [0.05, 0.1) is 18.2 Å². The first-order valence-corrected chi connectivity index (χ1v) is 9.36. The summed E-state index contributed by atoms with van der Waals surface area (Å²) in [5.41, 5.74) is 4.21. The van der Waals surface area contributed by atoms with E-state index in [2.05, 4.69) is 15.3 Å². The van der Waals surface area contributed by atoms with Crippen LogP contribution in [0.1, 0.15) is 18.4 Å². The summed E-state index contributed by atoms with van der Waals surface area (Å²) in [7, 11) is 1.57. The molecule has 1 saturated heterocycles. The van der Waals surface area contributed by atoms with Gasteiger partial charge in [0.25, 0.3) is 5.91 Å². The number of aromatic nitrogens is 2. The van der Waals surface area contributed by atoms with Gasteiger partial charge in [-0.25, -0.2) is 10.5 Å². The van der Waals surface area contributed by atoms with E-state index in [1.165, 1.54) is 0 Å². The third-order valence-electron chi connectivity index (χ3n) is 5.39.